The summed E-state index contributed by atoms with van der Waals surface area (Å²) in [7, 11) is -3.97. The molecule has 3 aromatic rings. The first-order valence-electron chi connectivity index (χ1n) is 11.8. The van der Waals surface area contributed by atoms with Crippen LogP contribution in [0.4, 0.5) is 4.79 Å². The molecule has 196 valence electrons. The van der Waals surface area contributed by atoms with Gasteiger partial charge in [-0.1, -0.05) is 60.7 Å². The second kappa shape index (κ2) is 12.4. The first-order valence-corrected chi connectivity index (χ1v) is 13.2. The topological polar surface area (TPSA) is 108 Å². The van der Waals surface area contributed by atoms with Gasteiger partial charge in [-0.15, -0.1) is 0 Å². The number of alkyl carbamates (subject to hydrolysis) is 1. The lowest BCUT2D eigenvalue weighted by Crippen LogP contribution is -2.38. The molecule has 0 aliphatic heterocycles. The number of rotatable bonds is 10. The molecule has 0 bridgehead atoms. The van der Waals surface area contributed by atoms with Gasteiger partial charge < -0.3 is 19.0 Å². The molecule has 1 atom stereocenters. The lowest BCUT2D eigenvalue weighted by molar-refractivity contribution is -0.149. The Hall–Kier alpha value is -3.85. The van der Waals surface area contributed by atoms with Crippen molar-refractivity contribution < 1.29 is 31.7 Å². The maximum absolute atomic E-state index is 12.9. The van der Waals surface area contributed by atoms with Crippen LogP contribution in [0.2, 0.25) is 0 Å². The quantitative estimate of drug-likeness (QED) is 0.297. The predicted octanol–water partition coefficient (Wildman–Crippen LogP) is 4.88. The number of nitrogens with one attached hydrogen (secondary N) is 1. The summed E-state index contributed by atoms with van der Waals surface area (Å²) < 4.78 is 40.9. The minimum atomic E-state index is -3.97. The average Bonchev–Trinajstić information content (AvgIpc) is 2.86. The number of carbonyl (C=O) groups is 2. The minimum absolute atomic E-state index is 0.00315. The van der Waals surface area contributed by atoms with Gasteiger partial charge in [0.05, 0.1) is 5.92 Å². The third-order valence-corrected chi connectivity index (χ3v) is 6.35. The van der Waals surface area contributed by atoms with Crippen LogP contribution in [0.25, 0.3) is 0 Å². The van der Waals surface area contributed by atoms with Gasteiger partial charge in [0, 0.05) is 6.54 Å². The molecule has 0 saturated heterocycles. The van der Waals surface area contributed by atoms with Crippen molar-refractivity contribution in [1.82, 2.24) is 5.32 Å². The lowest BCUT2D eigenvalue weighted by atomic mass is 9.99. The highest BCUT2D eigenvalue weighted by Gasteiger charge is 2.24. The van der Waals surface area contributed by atoms with E-state index in [0.717, 1.165) is 11.1 Å². The number of ether oxygens (including phenoxy) is 2. The van der Waals surface area contributed by atoms with Crippen molar-refractivity contribution in [2.45, 2.75) is 44.3 Å². The fourth-order valence-corrected chi connectivity index (χ4v) is 4.28. The van der Waals surface area contributed by atoms with Crippen LogP contribution >= 0.6 is 0 Å². The van der Waals surface area contributed by atoms with Crippen molar-refractivity contribution >= 4 is 22.2 Å². The number of hydrogen-bond donors (Lipinski definition) is 1. The van der Waals surface area contributed by atoms with E-state index in [1.807, 2.05) is 30.3 Å². The maximum atomic E-state index is 12.9. The van der Waals surface area contributed by atoms with Gasteiger partial charge in [-0.2, -0.15) is 8.42 Å². The Morgan fingerprint density at radius 3 is 2.03 bits per heavy atom. The summed E-state index contributed by atoms with van der Waals surface area (Å²) in [5, 5.41) is 2.63. The largest absolute Gasteiger partial charge is 0.461 e. The molecule has 0 aromatic heterocycles. The number of amides is 1. The van der Waals surface area contributed by atoms with Crippen molar-refractivity contribution in [3.05, 3.63) is 96.1 Å². The number of esters is 1. The van der Waals surface area contributed by atoms with Gasteiger partial charge >= 0.3 is 22.2 Å². The van der Waals surface area contributed by atoms with Crippen molar-refractivity contribution in [2.75, 3.05) is 6.54 Å². The first kappa shape index (κ1) is 27.7. The van der Waals surface area contributed by atoms with Crippen LogP contribution in [0.5, 0.6) is 5.75 Å². The molecule has 3 rings (SSSR count). The summed E-state index contributed by atoms with van der Waals surface area (Å²) in [6, 6.07) is 23.5. The van der Waals surface area contributed by atoms with Gasteiger partial charge in [-0.05, 0) is 62.6 Å². The van der Waals surface area contributed by atoms with Crippen molar-refractivity contribution in [3.63, 3.8) is 0 Å². The third kappa shape index (κ3) is 9.27. The second-order valence-electron chi connectivity index (χ2n) is 9.37. The monoisotopic (exact) mass is 525 g/mol. The molecule has 1 amide bonds. The minimum Gasteiger partial charge on any atom is -0.461 e. The summed E-state index contributed by atoms with van der Waals surface area (Å²) in [6.45, 7) is 5.36. The highest BCUT2D eigenvalue weighted by molar-refractivity contribution is 7.87. The normalized spacial score (nSPS) is 12.3. The van der Waals surface area contributed by atoms with E-state index in [1.165, 1.54) is 24.3 Å². The van der Waals surface area contributed by atoms with Gasteiger partial charge in [0.25, 0.3) is 0 Å². The van der Waals surface area contributed by atoms with Crippen LogP contribution in [-0.4, -0.2) is 32.6 Å². The Morgan fingerprint density at radius 2 is 1.43 bits per heavy atom. The van der Waals surface area contributed by atoms with Gasteiger partial charge in [0.2, 0.25) is 0 Å². The van der Waals surface area contributed by atoms with Crippen molar-refractivity contribution in [2.24, 2.45) is 5.92 Å². The number of hydrogen-bond acceptors (Lipinski definition) is 7. The molecule has 0 radical (unpaired) electrons. The standard InChI is InChI=1S/C28H31NO7S/c1-28(2,3)35-27(31)29-19-23(26(30)34-20-22-10-6-4-7-11-22)18-21-14-16-24(17-15-21)36-37(32,33)25-12-8-5-9-13-25/h4-17,23H,18-20H2,1-3H3,(H,29,31). The average molecular weight is 526 g/mol. The molecule has 0 aliphatic carbocycles. The van der Waals surface area contributed by atoms with E-state index in [4.69, 9.17) is 13.7 Å². The zero-order valence-corrected chi connectivity index (χ0v) is 21.9. The second-order valence-corrected chi connectivity index (χ2v) is 10.9. The van der Waals surface area contributed by atoms with Crippen LogP contribution in [0.1, 0.15) is 31.9 Å². The van der Waals surface area contributed by atoms with Gasteiger partial charge in [0.15, 0.2) is 0 Å². The first-order chi connectivity index (χ1) is 17.5. The van der Waals surface area contributed by atoms with E-state index in [2.05, 4.69) is 5.32 Å². The molecule has 0 heterocycles. The van der Waals surface area contributed by atoms with Crippen LogP contribution in [0.3, 0.4) is 0 Å². The summed E-state index contributed by atoms with van der Waals surface area (Å²) in [5.41, 5.74) is 0.900. The van der Waals surface area contributed by atoms with E-state index in [-0.39, 0.29) is 30.2 Å². The molecular formula is C28H31NO7S. The molecular weight excluding hydrogens is 494 g/mol. The molecule has 0 spiro atoms. The molecule has 1 N–H and O–H groups in total. The van der Waals surface area contributed by atoms with Gasteiger partial charge in [-0.25, -0.2) is 4.79 Å². The molecule has 3 aromatic carbocycles. The van der Waals surface area contributed by atoms with Gasteiger partial charge in [0.1, 0.15) is 22.9 Å². The summed E-state index contributed by atoms with van der Waals surface area (Å²) in [5.74, 6) is -1.04. The smallest absolute Gasteiger partial charge is 0.407 e. The van der Waals surface area contributed by atoms with Crippen LogP contribution in [0, 0.1) is 5.92 Å². The predicted molar refractivity (Wildman–Crippen MR) is 138 cm³/mol. The Kier molecular flexibility index (Phi) is 9.30. The Morgan fingerprint density at radius 1 is 0.838 bits per heavy atom. The highest BCUT2D eigenvalue weighted by atomic mass is 32.2. The van der Waals surface area contributed by atoms with Crippen LogP contribution < -0.4 is 9.50 Å². The summed E-state index contributed by atoms with van der Waals surface area (Å²) in [4.78, 5) is 25.1. The number of benzene rings is 3. The highest BCUT2D eigenvalue weighted by Crippen LogP contribution is 2.21. The van der Waals surface area contributed by atoms with E-state index >= 15 is 0 Å². The number of carbonyl (C=O) groups excluding carboxylic acids is 2. The molecule has 8 nitrogen and oxygen atoms in total. The third-order valence-electron chi connectivity index (χ3n) is 5.09. The Balaban J connectivity index is 1.67. The van der Waals surface area contributed by atoms with E-state index in [9.17, 15) is 18.0 Å². The Labute approximate surface area is 217 Å². The summed E-state index contributed by atoms with van der Waals surface area (Å²) in [6.07, 6.45) is -0.391. The van der Waals surface area contributed by atoms with Crippen molar-refractivity contribution in [1.29, 1.82) is 0 Å². The lowest BCUT2D eigenvalue weighted by Gasteiger charge is -2.21. The van der Waals surface area contributed by atoms with Crippen molar-refractivity contribution in [3.8, 4) is 5.75 Å². The fraction of sp³-hybridized carbons (Fsp3) is 0.286. The molecule has 1 unspecified atom stereocenters. The fourth-order valence-electron chi connectivity index (χ4n) is 3.33. The van der Waals surface area contributed by atoms with Crippen LogP contribution in [-0.2, 0) is 37.4 Å². The molecule has 0 fully saturated rings. The Bertz CT molecular complexity index is 1270. The van der Waals surface area contributed by atoms with Gasteiger partial charge in [-0.3, -0.25) is 4.79 Å². The molecule has 0 aliphatic rings. The zero-order chi connectivity index (χ0) is 26.9. The molecule has 0 saturated carbocycles. The molecule has 37 heavy (non-hydrogen) atoms. The molecule has 9 heteroatoms. The van der Waals surface area contributed by atoms with E-state index in [1.54, 1.807) is 51.1 Å². The van der Waals surface area contributed by atoms with E-state index in [0.29, 0.717) is 0 Å². The zero-order valence-electron chi connectivity index (χ0n) is 21.0. The summed E-state index contributed by atoms with van der Waals surface area (Å²) >= 11 is 0. The van der Waals surface area contributed by atoms with Crippen LogP contribution in [0.15, 0.2) is 89.8 Å². The maximum Gasteiger partial charge on any atom is 0.407 e. The SMILES string of the molecule is CC(C)(C)OC(=O)NCC(Cc1ccc(OS(=O)(=O)c2ccccc2)cc1)C(=O)OCc1ccccc1. The van der Waals surface area contributed by atoms with E-state index < -0.39 is 33.7 Å².